The van der Waals surface area contributed by atoms with E-state index in [1.54, 1.807) is 51.7 Å². The Morgan fingerprint density at radius 1 is 0.925 bits per heavy atom. The van der Waals surface area contributed by atoms with E-state index >= 15 is 0 Å². The SMILES string of the molecule is COc1cccc(/C=N/[N+](C)(C)C(=O)c2ccc(C(=O)NCCC(=O)NCCc3c[nH]c4ccccc34)cc2)c1. The average molecular weight is 541 g/mol. The Morgan fingerprint density at radius 3 is 2.45 bits per heavy atom. The van der Waals surface area contributed by atoms with Gasteiger partial charge in [0, 0.05) is 47.7 Å². The van der Waals surface area contributed by atoms with Gasteiger partial charge in [0.25, 0.3) is 5.91 Å². The number of carbonyl (C=O) groups excluding carboxylic acids is 3. The van der Waals surface area contributed by atoms with Gasteiger partial charge in [-0.25, -0.2) is 4.79 Å². The Labute approximate surface area is 233 Å². The summed E-state index contributed by atoms with van der Waals surface area (Å²) in [5, 5.41) is 11.2. The molecule has 1 aromatic heterocycles. The lowest BCUT2D eigenvalue weighted by molar-refractivity contribution is -0.813. The lowest BCUT2D eigenvalue weighted by Gasteiger charge is -2.19. The van der Waals surface area contributed by atoms with Crippen molar-refractivity contribution in [3.8, 4) is 5.75 Å². The van der Waals surface area contributed by atoms with Crippen LogP contribution in [0.5, 0.6) is 5.75 Å². The molecule has 1 heterocycles. The number of hydrogen-bond donors (Lipinski definition) is 3. The van der Waals surface area contributed by atoms with Crippen LogP contribution < -0.4 is 15.4 Å². The molecule has 0 unspecified atom stereocenters. The van der Waals surface area contributed by atoms with Crippen molar-refractivity contribution in [1.82, 2.24) is 15.6 Å². The van der Waals surface area contributed by atoms with E-state index in [0.717, 1.165) is 28.5 Å². The van der Waals surface area contributed by atoms with Gasteiger partial charge in [0.05, 0.1) is 18.9 Å². The number of rotatable bonds is 11. The van der Waals surface area contributed by atoms with Crippen molar-refractivity contribution in [2.75, 3.05) is 34.3 Å². The van der Waals surface area contributed by atoms with Gasteiger partial charge >= 0.3 is 5.91 Å². The predicted octanol–water partition coefficient (Wildman–Crippen LogP) is 3.91. The Hall–Kier alpha value is -4.76. The second-order valence-corrected chi connectivity index (χ2v) is 9.76. The summed E-state index contributed by atoms with van der Waals surface area (Å²) in [6, 6.07) is 21.8. The summed E-state index contributed by atoms with van der Waals surface area (Å²) in [6.07, 6.45) is 4.48. The molecule has 0 saturated heterocycles. The molecule has 3 amide bonds. The molecule has 0 fully saturated rings. The van der Waals surface area contributed by atoms with E-state index in [9.17, 15) is 14.4 Å². The van der Waals surface area contributed by atoms with E-state index in [4.69, 9.17) is 4.74 Å². The van der Waals surface area contributed by atoms with E-state index in [1.165, 1.54) is 0 Å². The van der Waals surface area contributed by atoms with Gasteiger partial charge in [0.1, 0.15) is 19.8 Å². The molecule has 0 aliphatic carbocycles. The highest BCUT2D eigenvalue weighted by Gasteiger charge is 2.28. The van der Waals surface area contributed by atoms with Gasteiger partial charge in [-0.05, 0) is 54.4 Å². The second kappa shape index (κ2) is 12.9. The van der Waals surface area contributed by atoms with Crippen molar-refractivity contribution >= 4 is 34.8 Å². The predicted molar refractivity (Wildman–Crippen MR) is 155 cm³/mol. The Balaban J connectivity index is 1.22. The van der Waals surface area contributed by atoms with Gasteiger partial charge in [-0.1, -0.05) is 35.4 Å². The van der Waals surface area contributed by atoms with Gasteiger partial charge in [-0.2, -0.15) is 0 Å². The molecule has 0 aliphatic heterocycles. The van der Waals surface area contributed by atoms with Crippen molar-refractivity contribution in [2.24, 2.45) is 5.10 Å². The Bertz CT molecular complexity index is 1520. The summed E-state index contributed by atoms with van der Waals surface area (Å²) < 4.78 is 4.97. The maximum Gasteiger partial charge on any atom is 0.371 e. The molecule has 4 aromatic rings. The van der Waals surface area contributed by atoms with Gasteiger partial charge in [-0.15, -0.1) is 4.59 Å². The fourth-order valence-corrected chi connectivity index (χ4v) is 4.22. The molecule has 9 heteroatoms. The number of H-pyrrole nitrogens is 1. The first-order chi connectivity index (χ1) is 19.3. The summed E-state index contributed by atoms with van der Waals surface area (Å²) in [4.78, 5) is 41.0. The number of ether oxygens (including phenoxy) is 1. The smallest absolute Gasteiger partial charge is 0.371 e. The molecule has 4 rings (SSSR count). The van der Waals surface area contributed by atoms with Crippen LogP contribution in [0.15, 0.2) is 84.1 Å². The first-order valence-corrected chi connectivity index (χ1v) is 13.1. The molecule has 0 radical (unpaired) electrons. The van der Waals surface area contributed by atoms with Crippen molar-refractivity contribution < 1.29 is 23.7 Å². The van der Waals surface area contributed by atoms with Crippen LogP contribution in [0.4, 0.5) is 0 Å². The number of carbonyl (C=O) groups is 3. The maximum atomic E-state index is 13.1. The summed E-state index contributed by atoms with van der Waals surface area (Å²) in [6.45, 7) is 0.726. The van der Waals surface area contributed by atoms with Crippen LogP contribution in [0.3, 0.4) is 0 Å². The third kappa shape index (κ3) is 7.21. The monoisotopic (exact) mass is 540 g/mol. The molecule has 0 bridgehead atoms. The number of quaternary nitrogens is 1. The summed E-state index contributed by atoms with van der Waals surface area (Å²) in [5.41, 5.74) is 3.87. The minimum absolute atomic E-state index is 0.129. The lowest BCUT2D eigenvalue weighted by Crippen LogP contribution is -2.40. The highest BCUT2D eigenvalue weighted by Crippen LogP contribution is 2.18. The number of aromatic nitrogens is 1. The first kappa shape index (κ1) is 28.3. The largest absolute Gasteiger partial charge is 0.497 e. The normalized spacial score (nSPS) is 11.5. The van der Waals surface area contributed by atoms with E-state index in [2.05, 4.69) is 26.8 Å². The Morgan fingerprint density at radius 2 is 1.68 bits per heavy atom. The van der Waals surface area contributed by atoms with Crippen LogP contribution >= 0.6 is 0 Å². The number of amides is 3. The van der Waals surface area contributed by atoms with Crippen LogP contribution in [-0.4, -0.2) is 67.8 Å². The van der Waals surface area contributed by atoms with Gasteiger partial charge in [-0.3, -0.25) is 9.59 Å². The van der Waals surface area contributed by atoms with Crippen molar-refractivity contribution in [3.63, 3.8) is 0 Å². The number of nitrogens with zero attached hydrogens (tertiary/aromatic N) is 2. The number of hydrogen-bond acceptors (Lipinski definition) is 5. The van der Waals surface area contributed by atoms with E-state index < -0.39 is 0 Å². The summed E-state index contributed by atoms with van der Waals surface area (Å²) in [5.74, 6) is 0.0397. The zero-order valence-corrected chi connectivity index (χ0v) is 22.9. The molecule has 0 aliphatic rings. The van der Waals surface area contributed by atoms with E-state index in [1.807, 2.05) is 48.7 Å². The molecule has 0 saturated carbocycles. The fourth-order valence-electron chi connectivity index (χ4n) is 4.22. The number of nitrogens with one attached hydrogen (secondary N) is 3. The van der Waals surface area contributed by atoms with E-state index in [-0.39, 0.29) is 35.3 Å². The molecule has 0 atom stereocenters. The second-order valence-electron chi connectivity index (χ2n) is 9.76. The third-order valence-corrected chi connectivity index (χ3v) is 6.51. The molecule has 206 valence electrons. The van der Waals surface area contributed by atoms with Crippen molar-refractivity contribution in [1.29, 1.82) is 0 Å². The average Bonchev–Trinajstić information content (AvgIpc) is 3.39. The summed E-state index contributed by atoms with van der Waals surface area (Å²) in [7, 11) is 4.96. The van der Waals surface area contributed by atoms with Crippen molar-refractivity contribution in [3.05, 3.63) is 101 Å². The first-order valence-electron chi connectivity index (χ1n) is 13.1. The van der Waals surface area contributed by atoms with Crippen LogP contribution in [0.25, 0.3) is 10.9 Å². The summed E-state index contributed by atoms with van der Waals surface area (Å²) >= 11 is 0. The topological polar surface area (TPSA) is 113 Å². The van der Waals surface area contributed by atoms with E-state index in [0.29, 0.717) is 23.4 Å². The quantitative estimate of drug-likeness (QED) is 0.152. The van der Waals surface area contributed by atoms with Crippen LogP contribution in [0.1, 0.15) is 38.3 Å². The number of benzene rings is 3. The molecular weight excluding hydrogens is 506 g/mol. The highest BCUT2D eigenvalue weighted by molar-refractivity contribution is 5.96. The van der Waals surface area contributed by atoms with Crippen LogP contribution in [-0.2, 0) is 11.2 Å². The molecule has 9 nitrogen and oxygen atoms in total. The highest BCUT2D eigenvalue weighted by atomic mass is 16.5. The standard InChI is InChI=1S/C31H33N5O4/c1-36(2,35-20-22-7-6-8-26(19-22)40-3)31(39)24-13-11-23(12-14-24)30(38)33-18-16-29(37)32-17-15-25-21-34-28-10-5-4-9-27(25)28/h4-14,19-21,34H,15-18H2,1-3H3,(H-,32,33,37,38)/p+1/b35-20+. The zero-order valence-electron chi connectivity index (χ0n) is 22.9. The molecule has 0 spiro atoms. The number of aromatic amines is 1. The van der Waals surface area contributed by atoms with Gasteiger partial charge < -0.3 is 20.4 Å². The van der Waals surface area contributed by atoms with Crippen LogP contribution in [0, 0.1) is 0 Å². The molecule has 40 heavy (non-hydrogen) atoms. The number of methoxy groups -OCH3 is 1. The lowest BCUT2D eigenvalue weighted by atomic mass is 10.1. The molecule has 3 N–H and O–H groups in total. The van der Waals surface area contributed by atoms with Crippen molar-refractivity contribution in [2.45, 2.75) is 12.8 Å². The van der Waals surface area contributed by atoms with Crippen LogP contribution in [0.2, 0.25) is 0 Å². The third-order valence-electron chi connectivity index (χ3n) is 6.51. The minimum atomic E-state index is -0.310. The van der Waals surface area contributed by atoms with Gasteiger partial charge in [0.15, 0.2) is 0 Å². The number of fused-ring (bicyclic) bond motifs is 1. The minimum Gasteiger partial charge on any atom is -0.497 e. The Kier molecular flexibility index (Phi) is 9.08. The fraction of sp³-hybridized carbons (Fsp3) is 0.226. The van der Waals surface area contributed by atoms with Gasteiger partial charge in [0.2, 0.25) is 5.91 Å². The maximum absolute atomic E-state index is 13.1. The molecular formula is C31H34N5O4+. The zero-order chi connectivity index (χ0) is 28.5. The number of para-hydroxylation sites is 1. The molecule has 3 aromatic carbocycles.